The lowest BCUT2D eigenvalue weighted by atomic mass is 10.1. The fraction of sp³-hybridized carbons (Fsp3) is 0.538. The van der Waals surface area contributed by atoms with Crippen molar-refractivity contribution in [3.8, 4) is 0 Å². The van der Waals surface area contributed by atoms with Gasteiger partial charge in [-0.15, -0.1) is 0 Å². The van der Waals surface area contributed by atoms with E-state index in [9.17, 15) is 13.2 Å². The molecule has 1 aromatic carbocycles. The van der Waals surface area contributed by atoms with Gasteiger partial charge in [-0.05, 0) is 25.1 Å². The van der Waals surface area contributed by atoms with Crippen LogP contribution in [-0.4, -0.2) is 37.0 Å². The summed E-state index contributed by atoms with van der Waals surface area (Å²) in [6.07, 6.45) is -4.87. The number of anilines is 2. The molecule has 3 N–H and O–H groups in total. The zero-order valence-corrected chi connectivity index (χ0v) is 11.0. The number of halogens is 3. The van der Waals surface area contributed by atoms with Gasteiger partial charge in [-0.2, -0.15) is 13.2 Å². The van der Waals surface area contributed by atoms with E-state index in [1.54, 1.807) is 11.0 Å². The number of hydrogen-bond acceptors (Lipinski definition) is 4. The van der Waals surface area contributed by atoms with Crippen LogP contribution in [0.15, 0.2) is 18.2 Å². The fourth-order valence-electron chi connectivity index (χ4n) is 2.26. The number of aliphatic hydroxyl groups is 1. The largest absolute Gasteiger partial charge is 0.418 e. The fourth-order valence-corrected chi connectivity index (χ4v) is 2.26. The van der Waals surface area contributed by atoms with Gasteiger partial charge >= 0.3 is 6.18 Å². The number of hydrogen-bond donors (Lipinski definition) is 2. The van der Waals surface area contributed by atoms with Crippen molar-refractivity contribution in [1.29, 1.82) is 0 Å². The molecule has 1 aliphatic heterocycles. The van der Waals surface area contributed by atoms with E-state index in [0.29, 0.717) is 18.8 Å². The molecule has 0 bridgehead atoms. The highest BCUT2D eigenvalue weighted by Crippen LogP contribution is 2.36. The van der Waals surface area contributed by atoms with Gasteiger partial charge in [-0.25, -0.2) is 0 Å². The zero-order chi connectivity index (χ0) is 14.9. The highest BCUT2D eigenvalue weighted by molar-refractivity contribution is 5.60. The predicted octanol–water partition coefficient (Wildman–Crippen LogP) is 1.87. The maximum atomic E-state index is 12.9. The van der Waals surface area contributed by atoms with E-state index in [1.165, 1.54) is 6.07 Å². The molecule has 4 nitrogen and oxygen atoms in total. The lowest BCUT2D eigenvalue weighted by Gasteiger charge is -2.39. The summed E-state index contributed by atoms with van der Waals surface area (Å²) in [6.45, 7) is 2.40. The average molecular weight is 290 g/mol. The van der Waals surface area contributed by atoms with E-state index in [0.717, 1.165) is 6.07 Å². The Balaban J connectivity index is 2.32. The van der Waals surface area contributed by atoms with Crippen LogP contribution in [-0.2, 0) is 10.9 Å². The van der Waals surface area contributed by atoms with Crippen LogP contribution in [0.25, 0.3) is 0 Å². The molecule has 1 aromatic rings. The summed E-state index contributed by atoms with van der Waals surface area (Å²) in [4.78, 5) is 1.79. The Bertz CT molecular complexity index is 479. The first kappa shape index (κ1) is 14.9. The second-order valence-corrected chi connectivity index (χ2v) is 4.91. The van der Waals surface area contributed by atoms with Gasteiger partial charge in [0.15, 0.2) is 0 Å². The Hall–Kier alpha value is -1.47. The molecule has 2 atom stereocenters. The molecule has 2 rings (SSSR count). The van der Waals surface area contributed by atoms with Crippen molar-refractivity contribution in [3.63, 3.8) is 0 Å². The molecule has 1 aliphatic rings. The van der Waals surface area contributed by atoms with Crippen LogP contribution >= 0.6 is 0 Å². The summed E-state index contributed by atoms with van der Waals surface area (Å²) in [5.41, 5.74) is 4.69. The normalized spacial score (nSPS) is 23.9. The van der Waals surface area contributed by atoms with E-state index < -0.39 is 17.8 Å². The molecule has 0 aliphatic carbocycles. The first-order chi connectivity index (χ1) is 9.32. The number of alkyl halides is 3. The molecule has 0 spiro atoms. The van der Waals surface area contributed by atoms with Crippen LogP contribution < -0.4 is 10.6 Å². The summed E-state index contributed by atoms with van der Waals surface area (Å²) in [5.74, 6) is 0. The van der Waals surface area contributed by atoms with Crippen LogP contribution in [0.3, 0.4) is 0 Å². The molecule has 0 amide bonds. The van der Waals surface area contributed by atoms with Gasteiger partial charge in [0.1, 0.15) is 0 Å². The van der Waals surface area contributed by atoms with Crippen LogP contribution in [0, 0.1) is 0 Å². The monoisotopic (exact) mass is 290 g/mol. The third kappa shape index (κ3) is 2.99. The van der Waals surface area contributed by atoms with Crippen LogP contribution in [0.1, 0.15) is 12.5 Å². The quantitative estimate of drug-likeness (QED) is 0.816. The Labute approximate surface area is 114 Å². The minimum absolute atomic E-state index is 0.0671. The number of aliphatic hydroxyl groups excluding tert-OH is 1. The second kappa shape index (κ2) is 5.49. The van der Waals surface area contributed by atoms with E-state index in [4.69, 9.17) is 15.6 Å². The first-order valence-electron chi connectivity index (χ1n) is 6.28. The zero-order valence-electron chi connectivity index (χ0n) is 11.0. The number of ether oxygens (including phenoxy) is 1. The molecular weight excluding hydrogens is 273 g/mol. The molecule has 1 heterocycles. The molecule has 112 valence electrons. The molecule has 0 radical (unpaired) electrons. The van der Waals surface area contributed by atoms with Gasteiger partial charge in [-0.3, -0.25) is 0 Å². The summed E-state index contributed by atoms with van der Waals surface area (Å²) in [5, 5.41) is 9.12. The van der Waals surface area contributed by atoms with E-state index >= 15 is 0 Å². The summed E-state index contributed by atoms with van der Waals surface area (Å²) in [7, 11) is 0. The number of benzene rings is 1. The van der Waals surface area contributed by atoms with Crippen LogP contribution in [0.5, 0.6) is 0 Å². The summed E-state index contributed by atoms with van der Waals surface area (Å²) in [6, 6.07) is 3.79. The van der Waals surface area contributed by atoms with Gasteiger partial charge in [0, 0.05) is 24.0 Å². The smallest absolute Gasteiger partial charge is 0.398 e. The Morgan fingerprint density at radius 3 is 2.75 bits per heavy atom. The molecule has 2 unspecified atom stereocenters. The lowest BCUT2D eigenvalue weighted by molar-refractivity contribution is -0.136. The average Bonchev–Trinajstić information content (AvgIpc) is 2.39. The SMILES string of the molecule is CC1COC(CO)CN1c1ccc(N)c(C(F)(F)F)c1. The van der Waals surface area contributed by atoms with Crippen LogP contribution in [0.2, 0.25) is 0 Å². The minimum atomic E-state index is -4.48. The van der Waals surface area contributed by atoms with Gasteiger partial charge in [0.25, 0.3) is 0 Å². The van der Waals surface area contributed by atoms with Crippen molar-refractivity contribution in [2.75, 3.05) is 30.4 Å². The number of morpholine rings is 1. The van der Waals surface area contributed by atoms with Gasteiger partial charge < -0.3 is 20.5 Å². The van der Waals surface area contributed by atoms with Crippen LogP contribution in [0.4, 0.5) is 24.5 Å². The molecule has 1 saturated heterocycles. The highest BCUT2D eigenvalue weighted by Gasteiger charge is 2.34. The highest BCUT2D eigenvalue weighted by atomic mass is 19.4. The second-order valence-electron chi connectivity index (χ2n) is 4.91. The van der Waals surface area contributed by atoms with E-state index in [2.05, 4.69) is 0 Å². The van der Waals surface area contributed by atoms with Crippen molar-refractivity contribution in [2.45, 2.75) is 25.2 Å². The molecule has 0 saturated carbocycles. The van der Waals surface area contributed by atoms with Gasteiger partial charge in [0.05, 0.1) is 24.9 Å². The Kier molecular flexibility index (Phi) is 4.10. The Morgan fingerprint density at radius 2 is 2.15 bits per heavy atom. The lowest BCUT2D eigenvalue weighted by Crippen LogP contribution is -2.49. The Morgan fingerprint density at radius 1 is 1.45 bits per heavy atom. The third-order valence-corrected chi connectivity index (χ3v) is 3.38. The van der Waals surface area contributed by atoms with Gasteiger partial charge in [-0.1, -0.05) is 0 Å². The molecule has 0 aromatic heterocycles. The number of rotatable bonds is 2. The van der Waals surface area contributed by atoms with Crippen molar-refractivity contribution in [3.05, 3.63) is 23.8 Å². The van der Waals surface area contributed by atoms with Crippen molar-refractivity contribution in [1.82, 2.24) is 0 Å². The predicted molar refractivity (Wildman–Crippen MR) is 69.5 cm³/mol. The third-order valence-electron chi connectivity index (χ3n) is 3.38. The number of nitrogens with zero attached hydrogens (tertiary/aromatic N) is 1. The number of nitrogens with two attached hydrogens (primary N) is 1. The topological polar surface area (TPSA) is 58.7 Å². The summed E-state index contributed by atoms with van der Waals surface area (Å²) < 4.78 is 44.0. The molecule has 20 heavy (non-hydrogen) atoms. The van der Waals surface area contributed by atoms with Crippen molar-refractivity contribution >= 4 is 11.4 Å². The molecule has 1 fully saturated rings. The summed E-state index contributed by atoms with van der Waals surface area (Å²) >= 11 is 0. The van der Waals surface area contributed by atoms with Crippen molar-refractivity contribution < 1.29 is 23.0 Å². The van der Waals surface area contributed by atoms with E-state index in [-0.39, 0.29) is 18.3 Å². The standard InChI is InChI=1S/C13H17F3N2O2/c1-8-7-20-10(6-19)5-18(8)9-2-3-12(17)11(4-9)13(14,15)16/h2-4,8,10,19H,5-7,17H2,1H3. The van der Waals surface area contributed by atoms with Crippen molar-refractivity contribution in [2.24, 2.45) is 0 Å². The maximum Gasteiger partial charge on any atom is 0.418 e. The molecule has 7 heteroatoms. The minimum Gasteiger partial charge on any atom is -0.398 e. The molecular formula is C13H17F3N2O2. The van der Waals surface area contributed by atoms with Gasteiger partial charge in [0.2, 0.25) is 0 Å². The maximum absolute atomic E-state index is 12.9. The van der Waals surface area contributed by atoms with E-state index in [1.807, 2.05) is 6.92 Å². The number of nitrogen functional groups attached to an aromatic ring is 1. The first-order valence-corrected chi connectivity index (χ1v) is 6.28.